The van der Waals surface area contributed by atoms with Crippen molar-refractivity contribution in [2.24, 2.45) is 0 Å². The molecule has 0 radical (unpaired) electrons. The first-order chi connectivity index (χ1) is 11.5. The van der Waals surface area contributed by atoms with Crippen LogP contribution in [0.1, 0.15) is 22.4 Å². The molecule has 2 aromatic heterocycles. The Morgan fingerprint density at radius 2 is 1.54 bits per heavy atom. The number of hydrogen-bond acceptors (Lipinski definition) is 1. The average molecular weight is 379 g/mol. The van der Waals surface area contributed by atoms with Crippen molar-refractivity contribution in [3.63, 3.8) is 0 Å². The molecule has 3 heteroatoms. The Balaban J connectivity index is 2.21. The van der Waals surface area contributed by atoms with Gasteiger partial charge in [0, 0.05) is 17.1 Å². The van der Waals surface area contributed by atoms with E-state index in [4.69, 9.17) is 4.98 Å². The lowest BCUT2D eigenvalue weighted by Gasteiger charge is -2.15. The fourth-order valence-corrected chi connectivity index (χ4v) is 4.11. The summed E-state index contributed by atoms with van der Waals surface area (Å²) >= 11 is 3.58. The van der Waals surface area contributed by atoms with Gasteiger partial charge in [-0.2, -0.15) is 0 Å². The second-order valence-corrected chi connectivity index (χ2v) is 7.29. The van der Waals surface area contributed by atoms with Crippen LogP contribution in [0.5, 0.6) is 0 Å². The van der Waals surface area contributed by atoms with E-state index in [0.717, 1.165) is 15.9 Å². The van der Waals surface area contributed by atoms with E-state index in [1.165, 1.54) is 38.6 Å². The van der Waals surface area contributed by atoms with Gasteiger partial charge < -0.3 is 4.40 Å². The van der Waals surface area contributed by atoms with E-state index >= 15 is 0 Å². The van der Waals surface area contributed by atoms with Crippen LogP contribution < -0.4 is 0 Å². The maximum atomic E-state index is 4.71. The first-order valence-electron chi connectivity index (χ1n) is 8.11. The first kappa shape index (κ1) is 15.4. The molecule has 4 rings (SSSR count). The summed E-state index contributed by atoms with van der Waals surface area (Å²) < 4.78 is 3.10. The zero-order chi connectivity index (χ0) is 17.0. The molecule has 0 aliphatic heterocycles. The summed E-state index contributed by atoms with van der Waals surface area (Å²) in [6, 6.07) is 13.1. The van der Waals surface area contributed by atoms with Crippen LogP contribution in [0.25, 0.3) is 27.5 Å². The largest absolute Gasteiger partial charge is 0.302 e. The molecule has 2 heterocycles. The van der Waals surface area contributed by atoms with Gasteiger partial charge in [-0.3, -0.25) is 0 Å². The van der Waals surface area contributed by atoms with Gasteiger partial charge in [0.05, 0.1) is 5.69 Å². The second-order valence-electron chi connectivity index (χ2n) is 6.54. The maximum Gasteiger partial charge on any atom is 0.146 e. The fourth-order valence-electron chi connectivity index (χ4n) is 3.75. The molecule has 2 nitrogen and oxygen atoms in total. The van der Waals surface area contributed by atoms with Gasteiger partial charge in [-0.25, -0.2) is 4.98 Å². The summed E-state index contributed by atoms with van der Waals surface area (Å²) in [7, 11) is 0. The predicted molar refractivity (Wildman–Crippen MR) is 105 cm³/mol. The maximum absolute atomic E-state index is 4.71. The van der Waals surface area contributed by atoms with Crippen LogP contribution in [0.2, 0.25) is 0 Å². The molecular weight excluding hydrogens is 360 g/mol. The Kier molecular flexibility index (Phi) is 3.50. The number of benzene rings is 2. The highest BCUT2D eigenvalue weighted by Gasteiger charge is 2.16. The van der Waals surface area contributed by atoms with Gasteiger partial charge in [0.15, 0.2) is 0 Å². The van der Waals surface area contributed by atoms with Crippen molar-refractivity contribution >= 4 is 32.3 Å². The molecule has 2 aromatic carbocycles. The van der Waals surface area contributed by atoms with E-state index in [2.05, 4.69) is 90.6 Å². The molecule has 0 N–H and O–H groups in total. The number of hydrogen-bond donors (Lipinski definition) is 0. The molecule has 4 aromatic rings. The number of aryl methyl sites for hydroxylation is 4. The summed E-state index contributed by atoms with van der Waals surface area (Å²) in [6.45, 7) is 8.65. The number of nitrogens with zero attached hydrogens (tertiary/aromatic N) is 2. The van der Waals surface area contributed by atoms with Crippen molar-refractivity contribution in [2.75, 3.05) is 0 Å². The number of halogens is 1. The summed E-state index contributed by atoms with van der Waals surface area (Å²) in [5.41, 5.74) is 8.65. The van der Waals surface area contributed by atoms with Gasteiger partial charge in [-0.05, 0) is 65.7 Å². The molecule has 0 bridgehead atoms. The van der Waals surface area contributed by atoms with Crippen molar-refractivity contribution in [1.29, 1.82) is 0 Å². The lowest BCUT2D eigenvalue weighted by Crippen LogP contribution is -1.96. The zero-order valence-electron chi connectivity index (χ0n) is 14.3. The van der Waals surface area contributed by atoms with E-state index < -0.39 is 0 Å². The smallest absolute Gasteiger partial charge is 0.146 e. The number of pyridine rings is 1. The minimum absolute atomic E-state index is 0.905. The van der Waals surface area contributed by atoms with Crippen LogP contribution in [0.3, 0.4) is 0 Å². The molecule has 0 fully saturated rings. The van der Waals surface area contributed by atoms with Crippen LogP contribution >= 0.6 is 15.9 Å². The van der Waals surface area contributed by atoms with E-state index in [1.807, 2.05) is 0 Å². The average Bonchev–Trinajstić information content (AvgIpc) is 2.82. The van der Waals surface area contributed by atoms with Gasteiger partial charge in [-0.15, -0.1) is 0 Å². The molecule has 0 spiro atoms. The first-order valence-corrected chi connectivity index (χ1v) is 8.91. The van der Waals surface area contributed by atoms with Gasteiger partial charge >= 0.3 is 0 Å². The van der Waals surface area contributed by atoms with Crippen molar-refractivity contribution in [3.8, 4) is 11.1 Å². The third-order valence-electron chi connectivity index (χ3n) is 4.75. The quantitative estimate of drug-likeness (QED) is 0.388. The third kappa shape index (κ3) is 2.19. The highest BCUT2D eigenvalue weighted by molar-refractivity contribution is 9.10. The molecule has 0 amide bonds. The molecule has 0 saturated heterocycles. The highest BCUT2D eigenvalue weighted by Crippen LogP contribution is 2.36. The summed E-state index contributed by atoms with van der Waals surface area (Å²) in [6.07, 6.45) is 2.23. The van der Waals surface area contributed by atoms with E-state index in [9.17, 15) is 0 Å². The topological polar surface area (TPSA) is 17.3 Å². The van der Waals surface area contributed by atoms with Gasteiger partial charge in [-0.1, -0.05) is 42.0 Å². The third-order valence-corrected chi connectivity index (χ3v) is 5.51. The van der Waals surface area contributed by atoms with E-state index in [1.54, 1.807) is 0 Å². The second kappa shape index (κ2) is 5.45. The molecule has 0 aliphatic rings. The Morgan fingerprint density at radius 3 is 2.21 bits per heavy atom. The van der Waals surface area contributed by atoms with Crippen LogP contribution in [-0.2, 0) is 0 Å². The van der Waals surface area contributed by atoms with Crippen molar-refractivity contribution < 1.29 is 0 Å². The molecule has 0 atom stereocenters. The van der Waals surface area contributed by atoms with Gasteiger partial charge in [0.25, 0.3) is 0 Å². The minimum Gasteiger partial charge on any atom is -0.302 e. The Hall–Kier alpha value is -2.13. The molecule has 0 aliphatic carbocycles. The summed E-state index contributed by atoms with van der Waals surface area (Å²) in [4.78, 5) is 4.71. The number of rotatable bonds is 1. The monoisotopic (exact) mass is 378 g/mol. The highest BCUT2D eigenvalue weighted by atomic mass is 79.9. The van der Waals surface area contributed by atoms with Crippen LogP contribution in [0.4, 0.5) is 0 Å². The molecule has 0 unspecified atom stereocenters. The molecule has 120 valence electrons. The molecule has 0 saturated carbocycles. The number of imidazole rings is 1. The Morgan fingerprint density at radius 1 is 0.917 bits per heavy atom. The molecule has 24 heavy (non-hydrogen) atoms. The van der Waals surface area contributed by atoms with E-state index in [0.29, 0.717) is 0 Å². The van der Waals surface area contributed by atoms with Crippen LogP contribution in [0.15, 0.2) is 47.2 Å². The van der Waals surface area contributed by atoms with Crippen molar-refractivity contribution in [1.82, 2.24) is 9.38 Å². The lowest BCUT2D eigenvalue weighted by atomic mass is 9.92. The van der Waals surface area contributed by atoms with E-state index in [-0.39, 0.29) is 0 Å². The summed E-state index contributed by atoms with van der Waals surface area (Å²) in [5.74, 6) is 0. The Labute approximate surface area is 150 Å². The Bertz CT molecular complexity index is 1080. The zero-order valence-corrected chi connectivity index (χ0v) is 15.9. The minimum atomic E-state index is 0.905. The van der Waals surface area contributed by atoms with Gasteiger partial charge in [0.2, 0.25) is 0 Å². The normalized spacial score (nSPS) is 11.5. The molecular formula is C21H19BrN2. The number of aromatic nitrogens is 2. The SMILES string of the molecule is Cc1cc(C)c(-c2cn3c(C)c(Br)nc3c3ccccc23)c(C)c1. The lowest BCUT2D eigenvalue weighted by molar-refractivity contribution is 1.11. The number of fused-ring (bicyclic) bond motifs is 3. The van der Waals surface area contributed by atoms with Crippen LogP contribution in [-0.4, -0.2) is 9.38 Å². The van der Waals surface area contributed by atoms with Gasteiger partial charge in [0.1, 0.15) is 10.3 Å². The standard InChI is InChI=1S/C21H19BrN2/c1-12-9-13(2)19(14(3)10-12)18-11-24-15(4)20(22)23-21(24)17-8-6-5-7-16(17)18/h5-11H,1-4H3. The van der Waals surface area contributed by atoms with Crippen LogP contribution in [0, 0.1) is 27.7 Å². The fraction of sp³-hybridized carbons (Fsp3) is 0.190. The van der Waals surface area contributed by atoms with Crippen molar-refractivity contribution in [3.05, 3.63) is 69.6 Å². The van der Waals surface area contributed by atoms with Crippen molar-refractivity contribution in [2.45, 2.75) is 27.7 Å². The predicted octanol–water partition coefficient (Wildman–Crippen LogP) is 6.15. The summed E-state index contributed by atoms with van der Waals surface area (Å²) in [5, 5.41) is 2.43.